The summed E-state index contributed by atoms with van der Waals surface area (Å²) in [6.45, 7) is 4.02. The lowest BCUT2D eigenvalue weighted by Gasteiger charge is -2.28. The third kappa shape index (κ3) is 22.2. The molecule has 0 saturated heterocycles. The highest BCUT2D eigenvalue weighted by Gasteiger charge is 2.38. The molecule has 50 heavy (non-hydrogen) atoms. The number of likely N-dealkylation sites (N-methyl/N-ethyl adjacent to an activating group) is 1. The first kappa shape index (κ1) is 44.4. The Morgan fingerprint density at radius 3 is 1.54 bits per heavy atom. The van der Waals surface area contributed by atoms with Crippen molar-refractivity contribution in [2.24, 2.45) is 20.5 Å². The summed E-state index contributed by atoms with van der Waals surface area (Å²) in [4.78, 5) is 37.4. The van der Waals surface area contributed by atoms with Crippen LogP contribution in [-0.4, -0.2) is 81.4 Å². The fraction of sp³-hybridized carbons (Fsp3) is 0.944. The molecule has 0 aromatic rings. The van der Waals surface area contributed by atoms with Gasteiger partial charge >= 0.3 is 11.9 Å². The number of carbonyl (C=O) groups excluding carboxylic acids is 2. The second kappa shape index (κ2) is 23.7. The maximum Gasteiger partial charge on any atom is 0.306 e. The summed E-state index contributed by atoms with van der Waals surface area (Å²) in [5, 5.41) is 17.1. The van der Waals surface area contributed by atoms with Crippen LogP contribution in [0, 0.1) is 0 Å². The number of hydrogen-bond acceptors (Lipinski definition) is 12. The minimum Gasteiger partial charge on any atom is -0.756 e. The van der Waals surface area contributed by atoms with Crippen LogP contribution in [-0.2, 0) is 32.7 Å². The molecule has 0 bridgehead atoms. The zero-order chi connectivity index (χ0) is 36.8. The Labute approximate surface area is 301 Å². The SMILES string of the molecule is CCCCC1(CCCCCCCCC(=O)OCC(COP(=O)([O-])OCC[N+](C)(C)C)OC(=O)CCCCCCCCC2(CCCC)N=N2)N=N1. The number of nitrogens with zero attached hydrogens (tertiary/aromatic N) is 5. The topological polar surface area (TPSA) is 161 Å². The van der Waals surface area contributed by atoms with Gasteiger partial charge in [-0.3, -0.25) is 14.2 Å². The zero-order valence-corrected chi connectivity index (χ0v) is 32.8. The van der Waals surface area contributed by atoms with E-state index in [0.29, 0.717) is 23.9 Å². The highest BCUT2D eigenvalue weighted by atomic mass is 31.2. The molecule has 14 heteroatoms. The molecule has 2 unspecified atom stereocenters. The van der Waals surface area contributed by atoms with Crippen LogP contribution in [0.3, 0.4) is 0 Å². The summed E-state index contributed by atoms with van der Waals surface area (Å²) in [6.07, 6.45) is 20.1. The van der Waals surface area contributed by atoms with E-state index in [1.807, 2.05) is 21.1 Å². The molecule has 0 fully saturated rings. The number of esters is 2. The standard InChI is InChI=1S/C36H68N5O8P/c1-6-8-24-35(37-38-35)26-20-16-12-10-14-18-22-33(42)46-30-32(31-48-50(44,45)47-29-28-41(3,4)5)49-34(43)23-19-15-11-13-17-21-27-36(39-40-36)25-9-7-2/h32H,6-31H2,1-5H3. The van der Waals surface area contributed by atoms with Crippen molar-refractivity contribution < 1.29 is 42.1 Å². The highest BCUT2D eigenvalue weighted by molar-refractivity contribution is 7.45. The van der Waals surface area contributed by atoms with Gasteiger partial charge in [-0.1, -0.05) is 78.1 Å². The lowest BCUT2D eigenvalue weighted by atomic mass is 9.98. The summed E-state index contributed by atoms with van der Waals surface area (Å²) in [5.74, 6) is -0.887. The van der Waals surface area contributed by atoms with Crippen LogP contribution in [0.2, 0.25) is 0 Å². The fourth-order valence-corrected chi connectivity index (χ4v) is 6.47. The van der Waals surface area contributed by atoms with Gasteiger partial charge in [0.1, 0.15) is 19.8 Å². The molecule has 0 aliphatic carbocycles. The fourth-order valence-electron chi connectivity index (χ4n) is 5.74. The van der Waals surface area contributed by atoms with E-state index in [1.165, 1.54) is 12.8 Å². The lowest BCUT2D eigenvalue weighted by molar-refractivity contribution is -0.870. The van der Waals surface area contributed by atoms with Crippen molar-refractivity contribution in [2.75, 3.05) is 47.5 Å². The largest absolute Gasteiger partial charge is 0.756 e. The van der Waals surface area contributed by atoms with Crippen LogP contribution in [0.4, 0.5) is 0 Å². The molecule has 0 aromatic carbocycles. The Balaban J connectivity index is 1.64. The van der Waals surface area contributed by atoms with Gasteiger partial charge in [-0.05, 0) is 64.2 Å². The Bertz CT molecular complexity index is 1070. The van der Waals surface area contributed by atoms with Crippen LogP contribution in [0.25, 0.3) is 0 Å². The molecule has 0 spiro atoms. The molecule has 290 valence electrons. The van der Waals surface area contributed by atoms with Crippen molar-refractivity contribution in [3.05, 3.63) is 0 Å². The first-order valence-corrected chi connectivity index (χ1v) is 20.9. The molecule has 2 atom stereocenters. The van der Waals surface area contributed by atoms with Gasteiger partial charge in [0.2, 0.25) is 0 Å². The van der Waals surface area contributed by atoms with Crippen LogP contribution in [0.5, 0.6) is 0 Å². The van der Waals surface area contributed by atoms with Crippen LogP contribution in [0.1, 0.15) is 155 Å². The van der Waals surface area contributed by atoms with E-state index in [2.05, 4.69) is 34.3 Å². The molecule has 2 aliphatic heterocycles. The number of phosphoric ester groups is 1. The molecule has 2 heterocycles. The second-order valence-electron chi connectivity index (χ2n) is 15.2. The minimum atomic E-state index is -4.63. The average Bonchev–Trinajstić information content (AvgIpc) is 4.00. The van der Waals surface area contributed by atoms with Gasteiger partial charge in [0.25, 0.3) is 7.82 Å². The van der Waals surface area contributed by atoms with Crippen molar-refractivity contribution in [3.63, 3.8) is 0 Å². The molecule has 0 N–H and O–H groups in total. The van der Waals surface area contributed by atoms with Crippen molar-refractivity contribution in [2.45, 2.75) is 173 Å². The van der Waals surface area contributed by atoms with Crippen molar-refractivity contribution in [1.82, 2.24) is 0 Å². The Kier molecular flexibility index (Phi) is 21.0. The summed E-state index contributed by atoms with van der Waals surface area (Å²) in [6, 6.07) is 0. The average molecular weight is 730 g/mol. The predicted octanol–water partition coefficient (Wildman–Crippen LogP) is 8.60. The third-order valence-corrected chi connectivity index (χ3v) is 10.2. The Morgan fingerprint density at radius 2 is 1.08 bits per heavy atom. The van der Waals surface area contributed by atoms with Crippen molar-refractivity contribution in [3.8, 4) is 0 Å². The Morgan fingerprint density at radius 1 is 0.640 bits per heavy atom. The monoisotopic (exact) mass is 729 g/mol. The number of hydrogen-bond donors (Lipinski definition) is 0. The number of carbonyl (C=O) groups is 2. The maximum absolute atomic E-state index is 12.6. The van der Waals surface area contributed by atoms with Gasteiger partial charge in [-0.15, -0.1) is 0 Å². The maximum atomic E-state index is 12.6. The molecule has 2 rings (SSSR count). The number of phosphoric acid groups is 1. The second-order valence-corrected chi connectivity index (χ2v) is 16.6. The quantitative estimate of drug-likeness (QED) is 0.0275. The van der Waals surface area contributed by atoms with Gasteiger partial charge in [-0.2, -0.15) is 20.5 Å². The summed E-state index contributed by atoms with van der Waals surface area (Å²) in [5.41, 5.74) is -0.171. The third-order valence-electron chi connectivity index (χ3n) is 9.20. The van der Waals surface area contributed by atoms with Gasteiger partial charge in [0.15, 0.2) is 17.4 Å². The minimum absolute atomic E-state index is 0.0422. The van der Waals surface area contributed by atoms with E-state index in [1.54, 1.807) is 0 Å². The smallest absolute Gasteiger partial charge is 0.306 e. The van der Waals surface area contributed by atoms with E-state index >= 15 is 0 Å². The van der Waals surface area contributed by atoms with E-state index in [-0.39, 0.29) is 37.4 Å². The molecular weight excluding hydrogens is 661 g/mol. The predicted molar refractivity (Wildman–Crippen MR) is 191 cm³/mol. The summed E-state index contributed by atoms with van der Waals surface area (Å²) in [7, 11) is 1.12. The van der Waals surface area contributed by atoms with E-state index in [4.69, 9.17) is 18.5 Å². The van der Waals surface area contributed by atoms with Gasteiger partial charge in [0, 0.05) is 12.8 Å². The Hall–Kier alpha value is -1.79. The number of quaternary nitrogens is 1. The highest BCUT2D eigenvalue weighted by Crippen LogP contribution is 2.40. The zero-order valence-electron chi connectivity index (χ0n) is 31.9. The lowest BCUT2D eigenvalue weighted by Crippen LogP contribution is -2.37. The van der Waals surface area contributed by atoms with Crippen LogP contribution in [0.15, 0.2) is 20.5 Å². The first-order valence-electron chi connectivity index (χ1n) is 19.5. The van der Waals surface area contributed by atoms with Crippen molar-refractivity contribution in [1.29, 1.82) is 0 Å². The van der Waals surface area contributed by atoms with Gasteiger partial charge < -0.3 is 27.9 Å². The van der Waals surface area contributed by atoms with Crippen molar-refractivity contribution >= 4 is 19.8 Å². The number of ether oxygens (including phenoxy) is 2. The molecule has 0 radical (unpaired) electrons. The molecular formula is C36H68N5O8P. The van der Waals surface area contributed by atoms with E-state index in [9.17, 15) is 19.0 Å². The van der Waals surface area contributed by atoms with Gasteiger partial charge in [0.05, 0.1) is 27.7 Å². The normalized spacial score (nSPS) is 17.3. The van der Waals surface area contributed by atoms with E-state index < -0.39 is 32.5 Å². The summed E-state index contributed by atoms with van der Waals surface area (Å²) >= 11 is 0. The number of unbranched alkanes of at least 4 members (excludes halogenated alkanes) is 12. The first-order chi connectivity index (χ1) is 23.8. The molecule has 2 aliphatic rings. The molecule has 0 amide bonds. The van der Waals surface area contributed by atoms with Crippen LogP contribution >= 0.6 is 7.82 Å². The molecule has 13 nitrogen and oxygen atoms in total. The van der Waals surface area contributed by atoms with E-state index in [0.717, 1.165) is 103 Å². The number of rotatable bonds is 34. The van der Waals surface area contributed by atoms with Gasteiger partial charge in [-0.25, -0.2) is 0 Å². The molecule has 0 aromatic heterocycles. The van der Waals surface area contributed by atoms with Crippen LogP contribution < -0.4 is 4.89 Å². The summed E-state index contributed by atoms with van der Waals surface area (Å²) < 4.78 is 33.8. The molecule has 0 saturated carbocycles.